The zero-order valence-electron chi connectivity index (χ0n) is 9.01. The first-order chi connectivity index (χ1) is 8.06. The van der Waals surface area contributed by atoms with E-state index in [-0.39, 0.29) is 11.3 Å². The van der Waals surface area contributed by atoms with Gasteiger partial charge in [0.25, 0.3) is 0 Å². The molecule has 0 aromatic heterocycles. The number of carbonyl (C=O) groups is 2. The molecule has 86 valence electrons. The Balaban J connectivity index is 2.28. The van der Waals surface area contributed by atoms with Crippen molar-refractivity contribution < 1.29 is 19.4 Å². The first-order valence-electron chi connectivity index (χ1n) is 4.89. The van der Waals surface area contributed by atoms with Crippen molar-refractivity contribution in [3.63, 3.8) is 0 Å². The van der Waals surface area contributed by atoms with Crippen molar-refractivity contribution >= 4 is 23.9 Å². The van der Waals surface area contributed by atoms with Crippen LogP contribution in [0.3, 0.4) is 0 Å². The van der Waals surface area contributed by atoms with Gasteiger partial charge in [0.2, 0.25) is 0 Å². The summed E-state index contributed by atoms with van der Waals surface area (Å²) in [4.78, 5) is 25.8. The average Bonchev–Trinajstić information content (AvgIpc) is 2.58. The minimum absolute atomic E-state index is 0.195. The molecule has 0 unspecified atom stereocenters. The lowest BCUT2D eigenvalue weighted by molar-refractivity contribution is -0.130. The monoisotopic (exact) mass is 231 g/mol. The maximum Gasteiger partial charge on any atom is 0.363 e. The van der Waals surface area contributed by atoms with Crippen LogP contribution in [0, 0.1) is 0 Å². The zero-order valence-corrected chi connectivity index (χ0v) is 9.01. The average molecular weight is 231 g/mol. The molecule has 0 spiro atoms. The molecule has 0 saturated heterocycles. The standard InChI is InChI=1S/C12H9NO4/c1-7-13-10(12(16)17-7)6-8-2-4-9(5-3-8)11(14)15/h2-6H,1H3,(H,14,15). The Labute approximate surface area is 97.1 Å². The normalized spacial score (nSPS) is 16.9. The fourth-order valence-electron chi connectivity index (χ4n) is 1.40. The zero-order chi connectivity index (χ0) is 12.4. The predicted octanol–water partition coefficient (Wildman–Crippen LogP) is 1.70. The van der Waals surface area contributed by atoms with Gasteiger partial charge in [0.1, 0.15) is 0 Å². The molecule has 1 aromatic rings. The summed E-state index contributed by atoms with van der Waals surface area (Å²) in [7, 11) is 0. The van der Waals surface area contributed by atoms with E-state index in [1.807, 2.05) is 0 Å². The Morgan fingerprint density at radius 2 is 2.00 bits per heavy atom. The third kappa shape index (κ3) is 2.39. The first-order valence-corrected chi connectivity index (χ1v) is 4.89. The van der Waals surface area contributed by atoms with E-state index in [9.17, 15) is 9.59 Å². The van der Waals surface area contributed by atoms with Crippen LogP contribution in [0.5, 0.6) is 0 Å². The number of benzene rings is 1. The number of carboxylic acid groups (broad SMARTS) is 1. The molecule has 0 bridgehead atoms. The first kappa shape index (κ1) is 11.1. The molecule has 1 aliphatic rings. The van der Waals surface area contributed by atoms with Gasteiger partial charge >= 0.3 is 11.9 Å². The molecule has 1 N–H and O–H groups in total. The van der Waals surface area contributed by atoms with Crippen molar-refractivity contribution in [2.75, 3.05) is 0 Å². The predicted molar refractivity (Wildman–Crippen MR) is 60.6 cm³/mol. The highest BCUT2D eigenvalue weighted by molar-refractivity contribution is 6.06. The van der Waals surface area contributed by atoms with Gasteiger partial charge in [-0.2, -0.15) is 0 Å². The van der Waals surface area contributed by atoms with E-state index in [1.54, 1.807) is 25.1 Å². The summed E-state index contributed by atoms with van der Waals surface area (Å²) < 4.78 is 4.76. The van der Waals surface area contributed by atoms with E-state index < -0.39 is 11.9 Å². The van der Waals surface area contributed by atoms with E-state index in [4.69, 9.17) is 9.84 Å². The van der Waals surface area contributed by atoms with Crippen LogP contribution in [0.4, 0.5) is 0 Å². The molecule has 0 aliphatic carbocycles. The molecule has 5 nitrogen and oxygen atoms in total. The lowest BCUT2D eigenvalue weighted by Crippen LogP contribution is -2.00. The molecule has 1 aromatic carbocycles. The van der Waals surface area contributed by atoms with Crippen molar-refractivity contribution in [1.29, 1.82) is 0 Å². The van der Waals surface area contributed by atoms with Crippen LogP contribution in [0.1, 0.15) is 22.8 Å². The fraction of sp³-hybridized carbons (Fsp3) is 0.0833. The number of hydrogen-bond donors (Lipinski definition) is 1. The van der Waals surface area contributed by atoms with E-state index in [2.05, 4.69) is 4.99 Å². The number of nitrogens with zero attached hydrogens (tertiary/aromatic N) is 1. The van der Waals surface area contributed by atoms with Gasteiger partial charge in [-0.15, -0.1) is 0 Å². The second kappa shape index (κ2) is 4.21. The second-order valence-electron chi connectivity index (χ2n) is 3.48. The number of cyclic esters (lactones) is 1. The number of carboxylic acids is 1. The van der Waals surface area contributed by atoms with E-state index in [0.717, 1.165) is 0 Å². The van der Waals surface area contributed by atoms with Crippen LogP contribution in [-0.2, 0) is 9.53 Å². The molecule has 17 heavy (non-hydrogen) atoms. The number of aliphatic imine (C=N–C) groups is 1. The molecule has 0 amide bonds. The van der Waals surface area contributed by atoms with Gasteiger partial charge in [0.15, 0.2) is 11.6 Å². The summed E-state index contributed by atoms with van der Waals surface area (Å²) in [5.74, 6) is -1.17. The molecule has 0 saturated carbocycles. The Bertz CT molecular complexity index is 540. The summed E-state index contributed by atoms with van der Waals surface area (Å²) in [5, 5.41) is 8.73. The van der Waals surface area contributed by atoms with Gasteiger partial charge in [-0.05, 0) is 23.8 Å². The molecule has 0 fully saturated rings. The largest absolute Gasteiger partial charge is 0.478 e. The van der Waals surface area contributed by atoms with Gasteiger partial charge < -0.3 is 9.84 Å². The molecule has 0 atom stereocenters. The van der Waals surface area contributed by atoms with Crippen LogP contribution in [0.25, 0.3) is 6.08 Å². The van der Waals surface area contributed by atoms with Crippen LogP contribution >= 0.6 is 0 Å². The molecule has 1 heterocycles. The van der Waals surface area contributed by atoms with Crippen LogP contribution in [-0.4, -0.2) is 22.9 Å². The molecular weight excluding hydrogens is 222 g/mol. The number of aromatic carboxylic acids is 1. The van der Waals surface area contributed by atoms with E-state index in [1.165, 1.54) is 12.1 Å². The highest BCUT2D eigenvalue weighted by atomic mass is 16.6. The minimum atomic E-state index is -0.988. The maximum absolute atomic E-state index is 11.3. The molecule has 5 heteroatoms. The quantitative estimate of drug-likeness (QED) is 0.620. The maximum atomic E-state index is 11.3. The molecule has 1 aliphatic heterocycles. The Kier molecular flexibility index (Phi) is 2.74. The summed E-state index contributed by atoms with van der Waals surface area (Å²) in [6.45, 7) is 1.59. The number of rotatable bonds is 2. The summed E-state index contributed by atoms with van der Waals surface area (Å²) in [6, 6.07) is 6.14. The molecule has 2 rings (SSSR count). The Hall–Kier alpha value is -2.43. The lowest BCUT2D eigenvalue weighted by atomic mass is 10.1. The van der Waals surface area contributed by atoms with Crippen LogP contribution < -0.4 is 0 Å². The molecule has 0 radical (unpaired) electrons. The number of hydrogen-bond acceptors (Lipinski definition) is 4. The molecular formula is C12H9NO4. The summed E-state index contributed by atoms with van der Waals surface area (Å²) >= 11 is 0. The van der Waals surface area contributed by atoms with Gasteiger partial charge in [0, 0.05) is 6.92 Å². The number of ether oxygens (including phenoxy) is 1. The van der Waals surface area contributed by atoms with Crippen LogP contribution in [0.15, 0.2) is 35.0 Å². The van der Waals surface area contributed by atoms with Gasteiger partial charge in [-0.1, -0.05) is 12.1 Å². The van der Waals surface area contributed by atoms with Crippen LogP contribution in [0.2, 0.25) is 0 Å². The fourth-order valence-corrected chi connectivity index (χ4v) is 1.40. The van der Waals surface area contributed by atoms with Crippen molar-refractivity contribution in [2.45, 2.75) is 6.92 Å². The van der Waals surface area contributed by atoms with Crippen molar-refractivity contribution in [2.24, 2.45) is 4.99 Å². The van der Waals surface area contributed by atoms with E-state index in [0.29, 0.717) is 11.5 Å². The lowest BCUT2D eigenvalue weighted by Gasteiger charge is -1.96. The smallest absolute Gasteiger partial charge is 0.363 e. The highest BCUT2D eigenvalue weighted by Crippen LogP contribution is 2.15. The topological polar surface area (TPSA) is 76.0 Å². The summed E-state index contributed by atoms with van der Waals surface area (Å²) in [6.07, 6.45) is 1.55. The van der Waals surface area contributed by atoms with Crippen molar-refractivity contribution in [1.82, 2.24) is 0 Å². The Morgan fingerprint density at radius 3 is 2.47 bits per heavy atom. The third-order valence-electron chi connectivity index (χ3n) is 2.19. The van der Waals surface area contributed by atoms with Gasteiger partial charge in [0.05, 0.1) is 5.56 Å². The summed E-state index contributed by atoms with van der Waals surface area (Å²) in [5.41, 5.74) is 1.10. The van der Waals surface area contributed by atoms with Crippen molar-refractivity contribution in [3.05, 3.63) is 41.1 Å². The second-order valence-corrected chi connectivity index (χ2v) is 3.48. The number of esters is 1. The van der Waals surface area contributed by atoms with Gasteiger partial charge in [-0.3, -0.25) is 0 Å². The Morgan fingerprint density at radius 1 is 1.35 bits per heavy atom. The number of carbonyl (C=O) groups excluding carboxylic acids is 1. The highest BCUT2D eigenvalue weighted by Gasteiger charge is 2.19. The van der Waals surface area contributed by atoms with E-state index >= 15 is 0 Å². The van der Waals surface area contributed by atoms with Crippen molar-refractivity contribution in [3.8, 4) is 0 Å². The van der Waals surface area contributed by atoms with Gasteiger partial charge in [-0.25, -0.2) is 14.6 Å². The SMILES string of the molecule is CC1=NC(=Cc2ccc(C(=O)O)cc2)C(=O)O1. The minimum Gasteiger partial charge on any atom is -0.478 e. The third-order valence-corrected chi connectivity index (χ3v) is 2.19.